The molecule has 0 saturated heterocycles. The lowest BCUT2D eigenvalue weighted by atomic mass is 10.1. The highest BCUT2D eigenvalue weighted by molar-refractivity contribution is 7.15. The van der Waals surface area contributed by atoms with Crippen molar-refractivity contribution in [3.05, 3.63) is 80.9 Å². The number of nitrogens with zero attached hydrogens (tertiary/aromatic N) is 2. The van der Waals surface area contributed by atoms with Crippen LogP contribution in [0.5, 0.6) is 0 Å². The van der Waals surface area contributed by atoms with Crippen LogP contribution in [0.2, 0.25) is 0 Å². The molecule has 0 aliphatic carbocycles. The Balaban J connectivity index is 1.43. The Morgan fingerprint density at radius 2 is 1.72 bits per heavy atom. The summed E-state index contributed by atoms with van der Waals surface area (Å²) in [4.78, 5) is 33.4. The second-order valence-corrected chi connectivity index (χ2v) is 9.02. The van der Waals surface area contributed by atoms with Crippen LogP contribution in [-0.4, -0.2) is 21.8 Å². The van der Waals surface area contributed by atoms with Gasteiger partial charge in [-0.1, -0.05) is 24.3 Å². The molecule has 0 spiro atoms. The zero-order valence-corrected chi connectivity index (χ0v) is 18.9. The topological polar surface area (TPSA) is 84.0 Å². The van der Waals surface area contributed by atoms with Gasteiger partial charge in [0.1, 0.15) is 10.7 Å². The molecular formula is C23H19FN4O2S2. The van der Waals surface area contributed by atoms with E-state index < -0.39 is 0 Å². The molecule has 162 valence electrons. The molecule has 0 fully saturated rings. The molecule has 6 nitrogen and oxygen atoms in total. The van der Waals surface area contributed by atoms with Crippen molar-refractivity contribution in [3.63, 3.8) is 0 Å². The third kappa shape index (κ3) is 5.24. The van der Waals surface area contributed by atoms with Gasteiger partial charge < -0.3 is 5.32 Å². The summed E-state index contributed by atoms with van der Waals surface area (Å²) < 4.78 is 13.1. The van der Waals surface area contributed by atoms with E-state index in [9.17, 15) is 14.0 Å². The smallest absolute Gasteiger partial charge is 0.269 e. The van der Waals surface area contributed by atoms with Crippen LogP contribution in [0.15, 0.2) is 53.9 Å². The molecule has 0 saturated carbocycles. The van der Waals surface area contributed by atoms with Crippen LogP contribution >= 0.6 is 22.7 Å². The van der Waals surface area contributed by atoms with Gasteiger partial charge in [0.15, 0.2) is 5.13 Å². The fourth-order valence-corrected chi connectivity index (χ4v) is 4.77. The van der Waals surface area contributed by atoms with Crippen molar-refractivity contribution in [1.82, 2.24) is 9.97 Å². The molecule has 0 radical (unpaired) electrons. The number of nitrogens with one attached hydrogen (secondary N) is 2. The van der Waals surface area contributed by atoms with E-state index in [1.807, 2.05) is 17.5 Å². The molecule has 0 atom stereocenters. The quantitative estimate of drug-likeness (QED) is 0.392. The van der Waals surface area contributed by atoms with E-state index in [1.165, 1.54) is 41.7 Å². The fourth-order valence-electron chi connectivity index (χ4n) is 3.06. The average Bonchev–Trinajstić information content (AvgIpc) is 3.36. The lowest BCUT2D eigenvalue weighted by molar-refractivity contribution is -0.114. The third-order valence-corrected chi connectivity index (χ3v) is 6.46. The lowest BCUT2D eigenvalue weighted by Crippen LogP contribution is -2.11. The van der Waals surface area contributed by atoms with Crippen LogP contribution in [0, 0.1) is 12.7 Å². The maximum absolute atomic E-state index is 13.1. The monoisotopic (exact) mass is 466 g/mol. The van der Waals surface area contributed by atoms with Gasteiger partial charge >= 0.3 is 0 Å². The number of halogens is 1. The van der Waals surface area contributed by atoms with Crippen molar-refractivity contribution < 1.29 is 14.0 Å². The van der Waals surface area contributed by atoms with Crippen LogP contribution in [0.1, 0.15) is 32.9 Å². The van der Waals surface area contributed by atoms with E-state index in [0.717, 1.165) is 21.8 Å². The first-order valence-electron chi connectivity index (χ1n) is 9.73. The molecule has 9 heteroatoms. The summed E-state index contributed by atoms with van der Waals surface area (Å²) in [6.07, 6.45) is 0.537. The van der Waals surface area contributed by atoms with Crippen molar-refractivity contribution in [2.75, 3.05) is 10.6 Å². The van der Waals surface area contributed by atoms with Gasteiger partial charge in [0.25, 0.3) is 5.91 Å². The lowest BCUT2D eigenvalue weighted by Gasteiger charge is -2.03. The molecule has 2 N–H and O–H groups in total. The molecule has 0 aliphatic heterocycles. The van der Waals surface area contributed by atoms with E-state index in [0.29, 0.717) is 27.8 Å². The number of rotatable bonds is 6. The van der Waals surface area contributed by atoms with Gasteiger partial charge in [-0.05, 0) is 36.8 Å². The Kier molecular flexibility index (Phi) is 6.38. The maximum atomic E-state index is 13.1. The molecule has 2 heterocycles. The molecule has 2 aromatic heterocycles. The molecule has 0 unspecified atom stereocenters. The summed E-state index contributed by atoms with van der Waals surface area (Å²) in [5, 5.41) is 8.71. The van der Waals surface area contributed by atoms with Crippen molar-refractivity contribution >= 4 is 45.3 Å². The normalized spacial score (nSPS) is 10.7. The summed E-state index contributed by atoms with van der Waals surface area (Å²) in [6.45, 7) is 3.25. The number of benzene rings is 2. The van der Waals surface area contributed by atoms with Gasteiger partial charge in [0.05, 0.1) is 16.4 Å². The highest BCUT2D eigenvalue weighted by Crippen LogP contribution is 2.28. The first-order chi connectivity index (χ1) is 15.4. The number of carbonyl (C=O) groups is 2. The maximum Gasteiger partial charge on any atom is 0.269 e. The summed E-state index contributed by atoms with van der Waals surface area (Å²) in [7, 11) is 0. The van der Waals surface area contributed by atoms with Crippen LogP contribution in [0.25, 0.3) is 11.3 Å². The predicted octanol–water partition coefficient (Wildman–Crippen LogP) is 5.52. The average molecular weight is 467 g/mol. The van der Waals surface area contributed by atoms with Crippen LogP contribution in [0.4, 0.5) is 15.2 Å². The van der Waals surface area contributed by atoms with E-state index in [1.54, 1.807) is 31.2 Å². The molecule has 4 rings (SSSR count). The highest BCUT2D eigenvalue weighted by atomic mass is 32.1. The summed E-state index contributed by atoms with van der Waals surface area (Å²) in [6, 6.07) is 13.6. The van der Waals surface area contributed by atoms with Crippen LogP contribution in [0.3, 0.4) is 0 Å². The minimum absolute atomic E-state index is 0.129. The predicted molar refractivity (Wildman–Crippen MR) is 126 cm³/mol. The molecule has 4 aromatic rings. The number of anilines is 2. The number of thiazole rings is 2. The highest BCUT2D eigenvalue weighted by Gasteiger charge is 2.17. The molecule has 32 heavy (non-hydrogen) atoms. The minimum atomic E-state index is -0.282. The number of carbonyl (C=O) groups excluding carboxylic acids is 2. The van der Waals surface area contributed by atoms with Crippen molar-refractivity contribution in [2.24, 2.45) is 0 Å². The van der Waals surface area contributed by atoms with Crippen LogP contribution in [-0.2, 0) is 11.2 Å². The Hall–Kier alpha value is -3.43. The number of amides is 2. The Bertz CT molecular complexity index is 1260. The van der Waals surface area contributed by atoms with Gasteiger partial charge in [0.2, 0.25) is 5.91 Å². The SMILES string of the molecule is CC(=O)Nc1ccc(-c2csc(NC(=O)c3sc(Cc4ccc(F)cc4)nc3C)n2)cc1. The second-order valence-electron chi connectivity index (χ2n) is 7.08. The van der Waals surface area contributed by atoms with Gasteiger partial charge in [-0.3, -0.25) is 14.9 Å². The van der Waals surface area contributed by atoms with Crippen molar-refractivity contribution in [1.29, 1.82) is 0 Å². The molecule has 0 aliphatic rings. The van der Waals surface area contributed by atoms with Crippen molar-refractivity contribution in [3.8, 4) is 11.3 Å². The largest absolute Gasteiger partial charge is 0.326 e. The zero-order valence-electron chi connectivity index (χ0n) is 17.3. The van der Waals surface area contributed by atoms with Gasteiger partial charge in [-0.25, -0.2) is 14.4 Å². The Morgan fingerprint density at radius 3 is 2.41 bits per heavy atom. The van der Waals surface area contributed by atoms with Gasteiger partial charge in [-0.15, -0.1) is 22.7 Å². The summed E-state index contributed by atoms with van der Waals surface area (Å²) in [5.41, 5.74) is 3.90. The Morgan fingerprint density at radius 1 is 1.00 bits per heavy atom. The number of aryl methyl sites for hydroxylation is 1. The molecule has 0 bridgehead atoms. The fraction of sp³-hybridized carbons (Fsp3) is 0.130. The first-order valence-corrected chi connectivity index (χ1v) is 11.4. The van der Waals surface area contributed by atoms with Crippen molar-refractivity contribution in [2.45, 2.75) is 20.3 Å². The number of hydrogen-bond donors (Lipinski definition) is 2. The van der Waals surface area contributed by atoms with Gasteiger partial charge in [0, 0.05) is 30.0 Å². The van der Waals surface area contributed by atoms with E-state index in [2.05, 4.69) is 20.6 Å². The third-order valence-electron chi connectivity index (χ3n) is 4.54. The van der Waals surface area contributed by atoms with Crippen LogP contribution < -0.4 is 10.6 Å². The van der Waals surface area contributed by atoms with E-state index in [4.69, 9.17) is 0 Å². The minimum Gasteiger partial charge on any atom is -0.326 e. The summed E-state index contributed by atoms with van der Waals surface area (Å²) in [5.74, 6) is -0.668. The molecular weight excluding hydrogens is 447 g/mol. The molecule has 2 aromatic carbocycles. The number of aromatic nitrogens is 2. The van der Waals surface area contributed by atoms with E-state index in [-0.39, 0.29) is 17.6 Å². The molecule has 2 amide bonds. The zero-order chi connectivity index (χ0) is 22.7. The summed E-state index contributed by atoms with van der Waals surface area (Å²) >= 11 is 2.66. The van der Waals surface area contributed by atoms with E-state index >= 15 is 0 Å². The number of hydrogen-bond acceptors (Lipinski definition) is 6. The Labute approximate surface area is 192 Å². The standard InChI is InChI=1S/C23H19FN4O2S2/c1-13-21(32-20(25-13)11-15-3-7-17(24)8-4-15)22(30)28-23-27-19(12-31-23)16-5-9-18(10-6-16)26-14(2)29/h3-10,12H,11H2,1-2H3,(H,26,29)(H,27,28,30). The first kappa shape index (κ1) is 21.8. The second kappa shape index (κ2) is 9.37. The van der Waals surface area contributed by atoms with Gasteiger partial charge in [-0.2, -0.15) is 0 Å².